The van der Waals surface area contributed by atoms with Gasteiger partial charge in [-0.15, -0.1) is 0 Å². The number of halogens is 1. The Hall–Kier alpha value is -1.24. The van der Waals surface area contributed by atoms with Gasteiger partial charge < -0.3 is 11.1 Å². The zero-order chi connectivity index (χ0) is 12.3. The molecule has 0 saturated heterocycles. The third-order valence-electron chi connectivity index (χ3n) is 3.40. The summed E-state index contributed by atoms with van der Waals surface area (Å²) in [5.41, 5.74) is 7.21. The molecule has 1 aliphatic rings. The highest BCUT2D eigenvalue weighted by Gasteiger charge is 2.26. The molecule has 0 radical (unpaired) electrons. The van der Waals surface area contributed by atoms with Crippen molar-refractivity contribution in [3.8, 4) is 6.07 Å². The molecular weight excluding hydrogens is 234 g/mol. The number of anilines is 1. The van der Waals surface area contributed by atoms with Crippen LogP contribution < -0.4 is 11.1 Å². The minimum atomic E-state index is 0.381. The SMILES string of the molecule is N#Cc1ccc(Cl)c(NC2CCCC2CN)c1. The highest BCUT2D eigenvalue weighted by atomic mass is 35.5. The van der Waals surface area contributed by atoms with Crippen LogP contribution >= 0.6 is 11.6 Å². The summed E-state index contributed by atoms with van der Waals surface area (Å²) in [5, 5.41) is 13.0. The van der Waals surface area contributed by atoms with Crippen molar-refractivity contribution in [3.05, 3.63) is 28.8 Å². The van der Waals surface area contributed by atoms with Gasteiger partial charge in [-0.25, -0.2) is 0 Å². The molecule has 1 aromatic rings. The second-order valence-electron chi connectivity index (χ2n) is 4.48. The Labute approximate surface area is 107 Å². The van der Waals surface area contributed by atoms with Crippen LogP contribution in [-0.4, -0.2) is 12.6 Å². The summed E-state index contributed by atoms with van der Waals surface area (Å²) in [6, 6.07) is 7.79. The molecule has 3 nitrogen and oxygen atoms in total. The first-order valence-electron chi connectivity index (χ1n) is 5.91. The van der Waals surface area contributed by atoms with Gasteiger partial charge in [0.25, 0.3) is 0 Å². The molecule has 0 bridgehead atoms. The van der Waals surface area contributed by atoms with Crippen molar-refractivity contribution in [2.75, 3.05) is 11.9 Å². The van der Waals surface area contributed by atoms with Gasteiger partial charge in [0.05, 0.1) is 22.3 Å². The van der Waals surface area contributed by atoms with Gasteiger partial charge in [0.2, 0.25) is 0 Å². The van der Waals surface area contributed by atoms with E-state index in [1.165, 1.54) is 12.8 Å². The first-order valence-corrected chi connectivity index (χ1v) is 6.28. The van der Waals surface area contributed by atoms with Crippen molar-refractivity contribution in [1.29, 1.82) is 5.26 Å². The maximum absolute atomic E-state index is 8.87. The number of hydrogen-bond donors (Lipinski definition) is 2. The summed E-state index contributed by atoms with van der Waals surface area (Å²) in [7, 11) is 0. The predicted molar refractivity (Wildman–Crippen MR) is 70.0 cm³/mol. The molecule has 0 spiro atoms. The Kier molecular flexibility index (Phi) is 3.88. The summed E-state index contributed by atoms with van der Waals surface area (Å²) >= 11 is 6.12. The Morgan fingerprint density at radius 3 is 3.00 bits per heavy atom. The lowest BCUT2D eigenvalue weighted by molar-refractivity contribution is 0.516. The van der Waals surface area contributed by atoms with Gasteiger partial charge in [-0.05, 0) is 43.5 Å². The monoisotopic (exact) mass is 249 g/mol. The van der Waals surface area contributed by atoms with Crippen LogP contribution in [0.3, 0.4) is 0 Å². The molecule has 0 aliphatic heterocycles. The van der Waals surface area contributed by atoms with Gasteiger partial charge in [0.1, 0.15) is 0 Å². The summed E-state index contributed by atoms with van der Waals surface area (Å²) in [4.78, 5) is 0. The molecule has 2 rings (SSSR count). The number of rotatable bonds is 3. The van der Waals surface area contributed by atoms with Crippen LogP contribution in [0.25, 0.3) is 0 Å². The van der Waals surface area contributed by atoms with Crippen LogP contribution in [0.4, 0.5) is 5.69 Å². The fourth-order valence-electron chi connectivity index (χ4n) is 2.41. The van der Waals surface area contributed by atoms with Crippen LogP contribution in [0.5, 0.6) is 0 Å². The van der Waals surface area contributed by atoms with Crippen molar-refractivity contribution in [3.63, 3.8) is 0 Å². The van der Waals surface area contributed by atoms with Crippen LogP contribution in [0.15, 0.2) is 18.2 Å². The van der Waals surface area contributed by atoms with E-state index in [1.54, 1.807) is 18.2 Å². The van der Waals surface area contributed by atoms with E-state index in [2.05, 4.69) is 11.4 Å². The summed E-state index contributed by atoms with van der Waals surface area (Å²) in [5.74, 6) is 0.511. The largest absolute Gasteiger partial charge is 0.381 e. The Morgan fingerprint density at radius 2 is 2.29 bits per heavy atom. The Balaban J connectivity index is 2.15. The van der Waals surface area contributed by atoms with Crippen LogP contribution in [-0.2, 0) is 0 Å². The fraction of sp³-hybridized carbons (Fsp3) is 0.462. The van der Waals surface area contributed by atoms with Crippen LogP contribution in [0.1, 0.15) is 24.8 Å². The van der Waals surface area contributed by atoms with Gasteiger partial charge >= 0.3 is 0 Å². The van der Waals surface area contributed by atoms with Crippen molar-refractivity contribution < 1.29 is 0 Å². The molecule has 4 heteroatoms. The molecule has 1 aromatic carbocycles. The molecule has 0 aromatic heterocycles. The molecule has 1 fully saturated rings. The summed E-state index contributed by atoms with van der Waals surface area (Å²) in [6.07, 6.45) is 3.49. The van der Waals surface area contributed by atoms with Gasteiger partial charge in [-0.2, -0.15) is 5.26 Å². The van der Waals surface area contributed by atoms with E-state index < -0.39 is 0 Å². The topological polar surface area (TPSA) is 61.8 Å². The van der Waals surface area contributed by atoms with Crippen molar-refractivity contribution >= 4 is 17.3 Å². The average molecular weight is 250 g/mol. The molecule has 2 unspecified atom stereocenters. The van der Waals surface area contributed by atoms with E-state index in [4.69, 9.17) is 22.6 Å². The maximum atomic E-state index is 8.87. The number of nitrogens with zero attached hydrogens (tertiary/aromatic N) is 1. The average Bonchev–Trinajstić information content (AvgIpc) is 2.79. The van der Waals surface area contributed by atoms with Crippen molar-refractivity contribution in [1.82, 2.24) is 0 Å². The molecule has 0 heterocycles. The number of nitrogens with one attached hydrogen (secondary N) is 1. The first kappa shape index (κ1) is 12.2. The summed E-state index contributed by atoms with van der Waals surface area (Å²) in [6.45, 7) is 0.702. The van der Waals surface area contributed by atoms with E-state index in [9.17, 15) is 0 Å². The second kappa shape index (κ2) is 5.39. The first-order chi connectivity index (χ1) is 8.24. The minimum Gasteiger partial charge on any atom is -0.381 e. The molecule has 2 atom stereocenters. The van der Waals surface area contributed by atoms with Crippen molar-refractivity contribution in [2.24, 2.45) is 11.7 Å². The van der Waals surface area contributed by atoms with Gasteiger partial charge in [-0.3, -0.25) is 0 Å². The molecule has 0 amide bonds. The highest BCUT2D eigenvalue weighted by Crippen LogP contribution is 2.31. The lowest BCUT2D eigenvalue weighted by Crippen LogP contribution is -2.29. The molecule has 3 N–H and O–H groups in total. The Morgan fingerprint density at radius 1 is 1.47 bits per heavy atom. The van der Waals surface area contributed by atoms with Crippen molar-refractivity contribution in [2.45, 2.75) is 25.3 Å². The highest BCUT2D eigenvalue weighted by molar-refractivity contribution is 6.33. The van der Waals surface area contributed by atoms with E-state index in [0.29, 0.717) is 29.1 Å². The standard InChI is InChI=1S/C13H16ClN3/c14-11-5-4-9(7-15)6-13(11)17-12-3-1-2-10(12)8-16/h4-6,10,12,17H,1-3,8,16H2. The van der Waals surface area contributed by atoms with Gasteiger partial charge in [0, 0.05) is 6.04 Å². The molecular formula is C13H16ClN3. The van der Waals surface area contributed by atoms with Crippen LogP contribution in [0, 0.1) is 17.2 Å². The van der Waals surface area contributed by atoms with E-state index in [-0.39, 0.29) is 0 Å². The molecule has 1 saturated carbocycles. The van der Waals surface area contributed by atoms with E-state index in [1.807, 2.05) is 0 Å². The number of benzene rings is 1. The lowest BCUT2D eigenvalue weighted by atomic mass is 10.0. The number of nitrogens with two attached hydrogens (primary N) is 1. The molecule has 90 valence electrons. The Bertz CT molecular complexity index is 439. The van der Waals surface area contributed by atoms with Gasteiger partial charge in [0.15, 0.2) is 0 Å². The van der Waals surface area contributed by atoms with Gasteiger partial charge in [-0.1, -0.05) is 18.0 Å². The molecule has 17 heavy (non-hydrogen) atoms. The molecule has 1 aliphatic carbocycles. The zero-order valence-corrected chi connectivity index (χ0v) is 10.4. The normalized spacial score (nSPS) is 23.4. The lowest BCUT2D eigenvalue weighted by Gasteiger charge is -2.21. The quantitative estimate of drug-likeness (QED) is 0.866. The van der Waals surface area contributed by atoms with E-state index in [0.717, 1.165) is 12.1 Å². The third-order valence-corrected chi connectivity index (χ3v) is 3.73. The minimum absolute atomic E-state index is 0.381. The number of nitriles is 1. The smallest absolute Gasteiger partial charge is 0.0992 e. The second-order valence-corrected chi connectivity index (χ2v) is 4.89. The fourth-order valence-corrected chi connectivity index (χ4v) is 2.59. The van der Waals surface area contributed by atoms with E-state index >= 15 is 0 Å². The van der Waals surface area contributed by atoms with Crippen LogP contribution in [0.2, 0.25) is 5.02 Å². The summed E-state index contributed by atoms with van der Waals surface area (Å²) < 4.78 is 0. The third kappa shape index (κ3) is 2.71. The predicted octanol–water partition coefficient (Wildman–Crippen LogP) is 2.75. The maximum Gasteiger partial charge on any atom is 0.0992 e. The zero-order valence-electron chi connectivity index (χ0n) is 9.62. The number of hydrogen-bond acceptors (Lipinski definition) is 3.